The molecule has 0 bridgehead atoms. The van der Waals surface area contributed by atoms with Crippen LogP contribution in [0.15, 0.2) is 109 Å². The van der Waals surface area contributed by atoms with E-state index in [0.29, 0.717) is 25.7 Å². The monoisotopic (exact) mass is 985 g/mol. The summed E-state index contributed by atoms with van der Waals surface area (Å²) in [5, 5.41) is 0. The van der Waals surface area contributed by atoms with Crippen molar-refractivity contribution in [2.45, 2.75) is 271 Å². The zero-order chi connectivity index (χ0) is 51.4. The molecule has 0 aliphatic rings. The van der Waals surface area contributed by atoms with Crippen molar-refractivity contribution in [2.75, 3.05) is 13.2 Å². The van der Waals surface area contributed by atoms with Gasteiger partial charge in [-0.2, -0.15) is 0 Å². The molecule has 404 valence electrons. The van der Waals surface area contributed by atoms with Gasteiger partial charge in [0, 0.05) is 19.3 Å². The van der Waals surface area contributed by atoms with Crippen molar-refractivity contribution >= 4 is 17.9 Å². The van der Waals surface area contributed by atoms with E-state index >= 15 is 0 Å². The van der Waals surface area contributed by atoms with Gasteiger partial charge >= 0.3 is 17.9 Å². The first-order valence-electron chi connectivity index (χ1n) is 29.4. The van der Waals surface area contributed by atoms with Gasteiger partial charge in [-0.05, 0) is 122 Å². The third kappa shape index (κ3) is 56.9. The third-order valence-electron chi connectivity index (χ3n) is 12.2. The molecule has 0 aliphatic heterocycles. The molecule has 0 radical (unpaired) electrons. The summed E-state index contributed by atoms with van der Waals surface area (Å²) < 4.78 is 16.8. The fraction of sp³-hybridized carbons (Fsp3) is 0.677. The second-order valence-corrected chi connectivity index (χ2v) is 19.2. The van der Waals surface area contributed by atoms with Gasteiger partial charge in [0.25, 0.3) is 0 Å². The van der Waals surface area contributed by atoms with Crippen molar-refractivity contribution < 1.29 is 28.6 Å². The van der Waals surface area contributed by atoms with E-state index in [1.54, 1.807) is 0 Å². The lowest BCUT2D eigenvalue weighted by Crippen LogP contribution is -2.30. The Morgan fingerprint density at radius 3 is 0.915 bits per heavy atom. The molecule has 0 aromatic heterocycles. The van der Waals surface area contributed by atoms with Gasteiger partial charge in [0.15, 0.2) is 6.10 Å². The van der Waals surface area contributed by atoms with E-state index in [1.165, 1.54) is 141 Å². The Hall–Kier alpha value is -3.93. The van der Waals surface area contributed by atoms with Crippen molar-refractivity contribution in [2.24, 2.45) is 0 Å². The first-order valence-corrected chi connectivity index (χ1v) is 29.4. The smallest absolute Gasteiger partial charge is 0.306 e. The summed E-state index contributed by atoms with van der Waals surface area (Å²) in [6.45, 7) is 6.49. The highest BCUT2D eigenvalue weighted by atomic mass is 16.6. The molecule has 0 aliphatic carbocycles. The Labute approximate surface area is 438 Å². The van der Waals surface area contributed by atoms with Crippen molar-refractivity contribution in [1.29, 1.82) is 0 Å². The molecule has 0 aromatic rings. The average Bonchev–Trinajstić information content (AvgIpc) is 3.37. The third-order valence-corrected chi connectivity index (χ3v) is 12.2. The predicted octanol–water partition coefficient (Wildman–Crippen LogP) is 19.9. The van der Waals surface area contributed by atoms with E-state index in [-0.39, 0.29) is 31.6 Å². The van der Waals surface area contributed by atoms with E-state index in [1.807, 2.05) is 12.2 Å². The van der Waals surface area contributed by atoms with Gasteiger partial charge in [-0.3, -0.25) is 14.4 Å². The number of allylic oxidation sites excluding steroid dienone is 18. The van der Waals surface area contributed by atoms with Crippen molar-refractivity contribution in [3.63, 3.8) is 0 Å². The standard InChI is InChI=1S/C65H108O6/c1-4-7-10-13-16-19-22-25-28-30-32-34-37-40-43-46-49-52-55-58-64(67)70-61-62(60-69-63(66)57-54-51-48-45-42-39-36-27-24-21-18-15-12-9-6-3)71-65(68)59-56-53-50-47-44-41-38-35-33-31-29-26-23-20-17-14-11-8-5-2/h17-18,20-21,25-29,33,35-36,41-42,44-45,50,53,62H,4-16,19,22-24,30-32,34,37-40,43,46-49,51-52,54-61H2,1-3H3/b20-17-,21-18-,28-25-,29-26-,35-33-,36-27-,44-41-,45-42-,53-50-/t62-/m1/s1. The zero-order valence-corrected chi connectivity index (χ0v) is 46.2. The lowest BCUT2D eigenvalue weighted by Gasteiger charge is -2.18. The summed E-state index contributed by atoms with van der Waals surface area (Å²) in [4.78, 5) is 38.1. The van der Waals surface area contributed by atoms with Crippen LogP contribution in [0.2, 0.25) is 0 Å². The molecule has 6 nitrogen and oxygen atoms in total. The quantitative estimate of drug-likeness (QED) is 0.0261. The van der Waals surface area contributed by atoms with Crippen molar-refractivity contribution in [3.05, 3.63) is 109 Å². The number of ether oxygens (including phenoxy) is 3. The van der Waals surface area contributed by atoms with Gasteiger partial charge in [0.05, 0.1) is 0 Å². The Morgan fingerprint density at radius 1 is 0.282 bits per heavy atom. The summed E-state index contributed by atoms with van der Waals surface area (Å²) in [6.07, 6.45) is 79.5. The molecule has 6 heteroatoms. The molecule has 0 amide bonds. The maximum Gasteiger partial charge on any atom is 0.306 e. The minimum absolute atomic E-state index is 0.122. The van der Waals surface area contributed by atoms with E-state index in [9.17, 15) is 14.4 Å². The van der Waals surface area contributed by atoms with Gasteiger partial charge in [-0.1, -0.05) is 233 Å². The number of carbonyl (C=O) groups is 3. The molecule has 0 heterocycles. The molecule has 0 saturated heterocycles. The number of carbonyl (C=O) groups excluding carboxylic acids is 3. The Morgan fingerprint density at radius 2 is 0.535 bits per heavy atom. The van der Waals surface area contributed by atoms with Gasteiger partial charge < -0.3 is 14.2 Å². The highest BCUT2D eigenvalue weighted by Crippen LogP contribution is 2.14. The fourth-order valence-corrected chi connectivity index (χ4v) is 7.78. The number of unbranched alkanes of at least 4 members (excludes halogenated alkanes) is 23. The number of esters is 3. The number of hydrogen-bond acceptors (Lipinski definition) is 6. The summed E-state index contributed by atoms with van der Waals surface area (Å²) in [5.74, 6) is -1.05. The molecule has 0 aromatic carbocycles. The van der Waals surface area contributed by atoms with Gasteiger partial charge in [0.1, 0.15) is 13.2 Å². The maximum atomic E-state index is 12.8. The van der Waals surface area contributed by atoms with E-state index in [4.69, 9.17) is 14.2 Å². The molecular formula is C65H108O6. The van der Waals surface area contributed by atoms with Crippen LogP contribution in [-0.4, -0.2) is 37.2 Å². The van der Waals surface area contributed by atoms with E-state index in [0.717, 1.165) is 70.6 Å². The van der Waals surface area contributed by atoms with Crippen LogP contribution in [0.25, 0.3) is 0 Å². The molecule has 0 N–H and O–H groups in total. The molecule has 71 heavy (non-hydrogen) atoms. The Bertz CT molecular complexity index is 1460. The number of rotatable bonds is 52. The minimum atomic E-state index is -0.836. The molecule has 1 atom stereocenters. The topological polar surface area (TPSA) is 78.9 Å². The maximum absolute atomic E-state index is 12.8. The van der Waals surface area contributed by atoms with Crippen molar-refractivity contribution in [3.8, 4) is 0 Å². The van der Waals surface area contributed by atoms with Gasteiger partial charge in [0.2, 0.25) is 0 Å². The lowest BCUT2D eigenvalue weighted by molar-refractivity contribution is -0.166. The second kappa shape index (κ2) is 58.6. The van der Waals surface area contributed by atoms with Crippen LogP contribution in [-0.2, 0) is 28.6 Å². The Kier molecular flexibility index (Phi) is 55.4. The fourth-order valence-electron chi connectivity index (χ4n) is 7.78. The van der Waals surface area contributed by atoms with Crippen LogP contribution in [0.1, 0.15) is 265 Å². The van der Waals surface area contributed by atoms with Crippen LogP contribution in [0.4, 0.5) is 0 Å². The van der Waals surface area contributed by atoms with E-state index < -0.39 is 12.1 Å². The van der Waals surface area contributed by atoms with Crippen LogP contribution in [0.5, 0.6) is 0 Å². The molecule has 0 saturated carbocycles. The molecule has 0 unspecified atom stereocenters. The minimum Gasteiger partial charge on any atom is -0.462 e. The van der Waals surface area contributed by atoms with Crippen LogP contribution < -0.4 is 0 Å². The molecular weight excluding hydrogens is 877 g/mol. The summed E-state index contributed by atoms with van der Waals surface area (Å²) in [7, 11) is 0. The normalized spacial score (nSPS) is 12.9. The van der Waals surface area contributed by atoms with Crippen molar-refractivity contribution in [1.82, 2.24) is 0 Å². The first-order chi connectivity index (χ1) is 35.0. The summed E-state index contributed by atoms with van der Waals surface area (Å²) in [6, 6.07) is 0. The largest absolute Gasteiger partial charge is 0.462 e. The molecule has 0 rings (SSSR count). The average molecular weight is 986 g/mol. The number of hydrogen-bond donors (Lipinski definition) is 0. The summed E-state index contributed by atoms with van der Waals surface area (Å²) >= 11 is 0. The van der Waals surface area contributed by atoms with E-state index in [2.05, 4.69) is 118 Å². The van der Waals surface area contributed by atoms with Crippen LogP contribution in [0.3, 0.4) is 0 Å². The highest BCUT2D eigenvalue weighted by molar-refractivity contribution is 5.71. The van der Waals surface area contributed by atoms with Crippen LogP contribution in [0, 0.1) is 0 Å². The summed E-state index contributed by atoms with van der Waals surface area (Å²) in [5.41, 5.74) is 0. The van der Waals surface area contributed by atoms with Crippen LogP contribution >= 0.6 is 0 Å². The lowest BCUT2D eigenvalue weighted by atomic mass is 10.1. The zero-order valence-electron chi connectivity index (χ0n) is 46.2. The predicted molar refractivity (Wildman–Crippen MR) is 307 cm³/mol. The van der Waals surface area contributed by atoms with Gasteiger partial charge in [-0.25, -0.2) is 0 Å². The molecule has 0 fully saturated rings. The SMILES string of the molecule is CCCCC/C=C\C/C=C\C/C=C\C/C=C\C/C=C\CCC(=O)O[C@H](COC(=O)CCCC/C=C\C/C=C\C/C=C\CCCCC)COC(=O)CCCCCCCCCCC/C=C\CCCCCCCC. The highest BCUT2D eigenvalue weighted by Gasteiger charge is 2.19. The first kappa shape index (κ1) is 67.1. The Balaban J connectivity index is 4.55. The van der Waals surface area contributed by atoms with Gasteiger partial charge in [-0.15, -0.1) is 0 Å². The second-order valence-electron chi connectivity index (χ2n) is 19.2. The molecule has 0 spiro atoms.